The van der Waals surface area contributed by atoms with E-state index in [1.807, 2.05) is 11.4 Å². The first-order chi connectivity index (χ1) is 10.1. The minimum absolute atomic E-state index is 0.0194. The van der Waals surface area contributed by atoms with Crippen molar-refractivity contribution in [3.8, 4) is 0 Å². The summed E-state index contributed by atoms with van der Waals surface area (Å²) in [5.74, 6) is -0.0895. The number of aromatic nitrogens is 2. The van der Waals surface area contributed by atoms with E-state index in [-0.39, 0.29) is 18.0 Å². The lowest BCUT2D eigenvalue weighted by Gasteiger charge is -2.02. The van der Waals surface area contributed by atoms with Crippen LogP contribution in [0.3, 0.4) is 0 Å². The number of fused-ring (bicyclic) bond motifs is 1. The SMILES string of the molecule is O=C(Cn1ncc2ccc([N+](=O)[O-])cc21)c1sccc1Br. The van der Waals surface area contributed by atoms with Crippen molar-refractivity contribution in [3.05, 3.63) is 55.3 Å². The predicted molar refractivity (Wildman–Crippen MR) is 82.7 cm³/mol. The number of thiophene rings is 1. The van der Waals surface area contributed by atoms with Gasteiger partial charge in [0.25, 0.3) is 5.69 Å². The van der Waals surface area contributed by atoms with Gasteiger partial charge in [0.1, 0.15) is 6.54 Å². The molecule has 0 unspecified atom stereocenters. The van der Waals surface area contributed by atoms with Crippen LogP contribution in [0, 0.1) is 10.1 Å². The topological polar surface area (TPSA) is 78.0 Å². The zero-order valence-corrected chi connectivity index (χ0v) is 12.9. The monoisotopic (exact) mass is 365 g/mol. The fraction of sp³-hybridized carbons (Fsp3) is 0.0769. The molecule has 0 fully saturated rings. The van der Waals surface area contributed by atoms with E-state index in [1.165, 1.54) is 28.2 Å². The molecular weight excluding hydrogens is 358 g/mol. The van der Waals surface area contributed by atoms with Gasteiger partial charge in [-0.05, 0) is 33.4 Å². The van der Waals surface area contributed by atoms with Crippen LogP contribution in [0.4, 0.5) is 5.69 Å². The number of nitro benzene ring substituents is 1. The van der Waals surface area contributed by atoms with Crippen molar-refractivity contribution in [2.45, 2.75) is 6.54 Å². The van der Waals surface area contributed by atoms with Gasteiger partial charge < -0.3 is 0 Å². The number of carbonyl (C=O) groups is 1. The second kappa shape index (κ2) is 5.38. The van der Waals surface area contributed by atoms with Gasteiger partial charge in [-0.15, -0.1) is 11.3 Å². The second-order valence-electron chi connectivity index (χ2n) is 4.32. The Balaban J connectivity index is 1.97. The number of rotatable bonds is 4. The van der Waals surface area contributed by atoms with Crippen molar-refractivity contribution in [2.24, 2.45) is 0 Å². The summed E-state index contributed by atoms with van der Waals surface area (Å²) in [6.45, 7) is 0.0454. The quantitative estimate of drug-likeness (QED) is 0.401. The Morgan fingerprint density at radius 3 is 2.90 bits per heavy atom. The summed E-state index contributed by atoms with van der Waals surface area (Å²) in [6.07, 6.45) is 1.59. The molecule has 0 spiro atoms. The maximum Gasteiger partial charge on any atom is 0.271 e. The van der Waals surface area contributed by atoms with Crippen molar-refractivity contribution < 1.29 is 9.72 Å². The molecule has 0 radical (unpaired) electrons. The van der Waals surface area contributed by atoms with Gasteiger partial charge in [0, 0.05) is 22.0 Å². The Bertz CT molecular complexity index is 855. The number of Topliss-reactive ketones (excluding diaryl/α,β-unsaturated/α-hetero) is 1. The first kappa shape index (κ1) is 13.9. The van der Waals surface area contributed by atoms with Crippen molar-refractivity contribution in [3.63, 3.8) is 0 Å². The van der Waals surface area contributed by atoms with Gasteiger partial charge in [-0.1, -0.05) is 0 Å². The molecule has 0 N–H and O–H groups in total. The highest BCUT2D eigenvalue weighted by molar-refractivity contribution is 9.10. The fourth-order valence-corrected chi connectivity index (χ4v) is 3.52. The normalized spacial score (nSPS) is 10.9. The van der Waals surface area contributed by atoms with Crippen LogP contribution in [0.25, 0.3) is 10.9 Å². The zero-order chi connectivity index (χ0) is 15.0. The number of nitro groups is 1. The number of hydrogen-bond donors (Lipinski definition) is 0. The molecule has 3 aromatic rings. The van der Waals surface area contributed by atoms with Gasteiger partial charge in [0.2, 0.25) is 0 Å². The lowest BCUT2D eigenvalue weighted by molar-refractivity contribution is -0.384. The second-order valence-corrected chi connectivity index (χ2v) is 6.09. The van der Waals surface area contributed by atoms with Crippen molar-refractivity contribution in [1.29, 1.82) is 0 Å². The molecule has 0 atom stereocenters. The molecule has 0 saturated carbocycles. The third-order valence-electron chi connectivity index (χ3n) is 3.00. The number of carbonyl (C=O) groups excluding carboxylic acids is 1. The lowest BCUT2D eigenvalue weighted by atomic mass is 10.2. The Morgan fingerprint density at radius 1 is 1.43 bits per heavy atom. The molecule has 3 rings (SSSR count). The van der Waals surface area contributed by atoms with Gasteiger partial charge in [-0.25, -0.2) is 0 Å². The van der Waals surface area contributed by atoms with E-state index in [0.717, 1.165) is 9.86 Å². The average Bonchev–Trinajstić information content (AvgIpc) is 3.05. The number of ketones is 1. The molecule has 106 valence electrons. The Hall–Kier alpha value is -2.06. The van der Waals surface area contributed by atoms with Gasteiger partial charge >= 0.3 is 0 Å². The van der Waals surface area contributed by atoms with Crippen LogP contribution in [0.1, 0.15) is 9.67 Å². The molecule has 2 aromatic heterocycles. The van der Waals surface area contributed by atoms with Crippen LogP contribution in [0.5, 0.6) is 0 Å². The van der Waals surface area contributed by atoms with Crippen LogP contribution in [0.15, 0.2) is 40.3 Å². The molecule has 0 aliphatic rings. The molecule has 0 saturated heterocycles. The summed E-state index contributed by atoms with van der Waals surface area (Å²) < 4.78 is 2.23. The van der Waals surface area contributed by atoms with Crippen molar-refractivity contribution in [2.75, 3.05) is 0 Å². The van der Waals surface area contributed by atoms with Crippen LogP contribution in [-0.4, -0.2) is 20.5 Å². The van der Waals surface area contributed by atoms with Crippen LogP contribution >= 0.6 is 27.3 Å². The van der Waals surface area contributed by atoms with E-state index in [2.05, 4.69) is 21.0 Å². The Morgan fingerprint density at radius 2 is 2.24 bits per heavy atom. The average molecular weight is 366 g/mol. The molecule has 2 heterocycles. The number of hydrogen-bond acceptors (Lipinski definition) is 5. The fourth-order valence-electron chi connectivity index (χ4n) is 2.00. The highest BCUT2D eigenvalue weighted by Gasteiger charge is 2.15. The minimum atomic E-state index is -0.464. The van der Waals surface area contributed by atoms with E-state index in [9.17, 15) is 14.9 Å². The smallest absolute Gasteiger partial charge is 0.271 e. The molecule has 0 aliphatic heterocycles. The highest BCUT2D eigenvalue weighted by atomic mass is 79.9. The maximum atomic E-state index is 12.2. The Kier molecular flexibility index (Phi) is 3.56. The number of nitrogens with zero attached hydrogens (tertiary/aromatic N) is 3. The maximum absolute atomic E-state index is 12.2. The van der Waals surface area contributed by atoms with E-state index < -0.39 is 4.92 Å². The molecule has 0 aliphatic carbocycles. The Labute approximate surface area is 131 Å². The third kappa shape index (κ3) is 2.59. The number of halogens is 1. The molecule has 0 bridgehead atoms. The summed E-state index contributed by atoms with van der Waals surface area (Å²) in [5.41, 5.74) is 0.555. The van der Waals surface area contributed by atoms with E-state index in [0.29, 0.717) is 10.4 Å². The number of non-ortho nitro benzene ring substituents is 1. The van der Waals surface area contributed by atoms with Crippen LogP contribution < -0.4 is 0 Å². The molecule has 1 aromatic carbocycles. The summed E-state index contributed by atoms with van der Waals surface area (Å²) in [5, 5.41) is 17.6. The van der Waals surface area contributed by atoms with Crippen molar-refractivity contribution in [1.82, 2.24) is 9.78 Å². The molecule has 8 heteroatoms. The zero-order valence-electron chi connectivity index (χ0n) is 10.5. The van der Waals surface area contributed by atoms with E-state index >= 15 is 0 Å². The number of benzene rings is 1. The third-order valence-corrected chi connectivity index (χ3v) is 4.88. The van der Waals surface area contributed by atoms with Crippen LogP contribution in [-0.2, 0) is 6.54 Å². The first-order valence-electron chi connectivity index (χ1n) is 5.92. The van der Waals surface area contributed by atoms with Gasteiger partial charge in [-0.3, -0.25) is 19.6 Å². The van der Waals surface area contributed by atoms with E-state index in [1.54, 1.807) is 12.3 Å². The first-order valence-corrected chi connectivity index (χ1v) is 7.59. The highest BCUT2D eigenvalue weighted by Crippen LogP contribution is 2.25. The van der Waals surface area contributed by atoms with Gasteiger partial charge in [0.15, 0.2) is 5.78 Å². The standard InChI is InChI=1S/C13H8BrN3O3S/c14-10-3-4-21-13(10)12(18)7-16-11-5-9(17(19)20)2-1-8(11)6-15-16/h1-6H,7H2. The molecule has 21 heavy (non-hydrogen) atoms. The van der Waals surface area contributed by atoms with Crippen LogP contribution in [0.2, 0.25) is 0 Å². The molecule has 0 amide bonds. The van der Waals surface area contributed by atoms with E-state index in [4.69, 9.17) is 0 Å². The molecular formula is C13H8BrN3O3S. The van der Waals surface area contributed by atoms with Crippen molar-refractivity contribution >= 4 is 49.6 Å². The predicted octanol–water partition coefficient (Wildman–Crippen LogP) is 3.65. The largest absolute Gasteiger partial charge is 0.291 e. The summed E-state index contributed by atoms with van der Waals surface area (Å²) >= 11 is 4.67. The molecule has 6 nitrogen and oxygen atoms in total. The van der Waals surface area contributed by atoms with Gasteiger partial charge in [-0.2, -0.15) is 5.10 Å². The summed E-state index contributed by atoms with van der Waals surface area (Å²) in [4.78, 5) is 23.2. The summed E-state index contributed by atoms with van der Waals surface area (Å²) in [7, 11) is 0. The van der Waals surface area contributed by atoms with Gasteiger partial charge in [0.05, 0.1) is 21.5 Å². The minimum Gasteiger partial charge on any atom is -0.291 e. The summed E-state index contributed by atoms with van der Waals surface area (Å²) in [6, 6.07) is 6.29. The lowest BCUT2D eigenvalue weighted by Crippen LogP contribution is -2.10.